The molecule has 6 heteroatoms. The summed E-state index contributed by atoms with van der Waals surface area (Å²) in [5.41, 5.74) is 7.42. The summed E-state index contributed by atoms with van der Waals surface area (Å²) in [5, 5.41) is 0. The molecule has 1 atom stereocenters. The monoisotopic (exact) mass is 299 g/mol. The van der Waals surface area contributed by atoms with Gasteiger partial charge in [-0.15, -0.1) is 0 Å². The number of nitrogens with one attached hydrogen (secondary N) is 1. The second-order valence-electron chi connectivity index (χ2n) is 4.98. The van der Waals surface area contributed by atoms with Crippen LogP contribution in [0.3, 0.4) is 0 Å². The van der Waals surface area contributed by atoms with E-state index in [0.29, 0.717) is 11.6 Å². The van der Waals surface area contributed by atoms with E-state index in [1.165, 1.54) is 13.1 Å². The predicted molar refractivity (Wildman–Crippen MR) is 84.4 cm³/mol. The van der Waals surface area contributed by atoms with Gasteiger partial charge in [0.1, 0.15) is 0 Å². The standard InChI is InChI=1S/C14H25N3O2S/c1-5-11(3)10-17(6-2)14-8-7-12(9-13(14)15)20(18,19)16-4/h7-9,11,16H,5-6,10,15H2,1-4H3. The molecule has 1 unspecified atom stereocenters. The SMILES string of the molecule is CCC(C)CN(CC)c1ccc(S(=O)(=O)NC)cc1N. The van der Waals surface area contributed by atoms with Gasteiger partial charge in [0.25, 0.3) is 0 Å². The summed E-state index contributed by atoms with van der Waals surface area (Å²) < 4.78 is 25.8. The third-order valence-electron chi connectivity index (χ3n) is 3.53. The number of nitrogens with two attached hydrogens (primary N) is 1. The Bertz CT molecular complexity index is 543. The molecule has 1 aromatic carbocycles. The Labute approximate surface area is 122 Å². The Hall–Kier alpha value is -1.27. The first-order chi connectivity index (χ1) is 9.35. The van der Waals surface area contributed by atoms with Crippen molar-refractivity contribution in [2.24, 2.45) is 5.92 Å². The van der Waals surface area contributed by atoms with Gasteiger partial charge in [-0.3, -0.25) is 0 Å². The van der Waals surface area contributed by atoms with Crippen molar-refractivity contribution in [2.75, 3.05) is 30.8 Å². The highest BCUT2D eigenvalue weighted by molar-refractivity contribution is 7.89. The minimum Gasteiger partial charge on any atom is -0.397 e. The third-order valence-corrected chi connectivity index (χ3v) is 4.94. The fourth-order valence-corrected chi connectivity index (χ4v) is 2.77. The Balaban J connectivity index is 3.08. The zero-order chi connectivity index (χ0) is 15.3. The average molecular weight is 299 g/mol. The second-order valence-corrected chi connectivity index (χ2v) is 6.87. The Morgan fingerprint density at radius 2 is 2.00 bits per heavy atom. The summed E-state index contributed by atoms with van der Waals surface area (Å²) in [6.07, 6.45) is 1.10. The van der Waals surface area contributed by atoms with Crippen molar-refractivity contribution >= 4 is 21.4 Å². The van der Waals surface area contributed by atoms with Crippen LogP contribution in [-0.4, -0.2) is 28.6 Å². The van der Waals surface area contributed by atoms with E-state index in [2.05, 4.69) is 30.4 Å². The molecule has 0 saturated carbocycles. The fraction of sp³-hybridized carbons (Fsp3) is 0.571. The largest absolute Gasteiger partial charge is 0.397 e. The van der Waals surface area contributed by atoms with Crippen LogP contribution in [0.4, 0.5) is 11.4 Å². The molecule has 0 fully saturated rings. The van der Waals surface area contributed by atoms with Crippen LogP contribution in [0.5, 0.6) is 0 Å². The highest BCUT2D eigenvalue weighted by atomic mass is 32.2. The van der Waals surface area contributed by atoms with Gasteiger partial charge in [0.05, 0.1) is 16.3 Å². The smallest absolute Gasteiger partial charge is 0.240 e. The second kappa shape index (κ2) is 6.95. The number of anilines is 2. The molecule has 3 N–H and O–H groups in total. The molecule has 114 valence electrons. The van der Waals surface area contributed by atoms with Crippen LogP contribution in [0, 0.1) is 5.92 Å². The molecule has 0 spiro atoms. The first kappa shape index (κ1) is 16.8. The summed E-state index contributed by atoms with van der Waals surface area (Å²) in [4.78, 5) is 2.38. The molecule has 0 radical (unpaired) electrons. The minimum absolute atomic E-state index is 0.195. The van der Waals surface area contributed by atoms with Gasteiger partial charge in [-0.1, -0.05) is 20.3 Å². The van der Waals surface area contributed by atoms with Crippen molar-refractivity contribution in [1.82, 2.24) is 4.72 Å². The van der Waals surface area contributed by atoms with Gasteiger partial charge >= 0.3 is 0 Å². The van der Waals surface area contributed by atoms with E-state index in [0.717, 1.165) is 25.2 Å². The lowest BCUT2D eigenvalue weighted by molar-refractivity contribution is 0.548. The van der Waals surface area contributed by atoms with Gasteiger partial charge in [0.15, 0.2) is 0 Å². The Kier molecular flexibility index (Phi) is 5.83. The van der Waals surface area contributed by atoms with Crippen molar-refractivity contribution in [3.05, 3.63) is 18.2 Å². The lowest BCUT2D eigenvalue weighted by atomic mass is 10.1. The number of hydrogen-bond donors (Lipinski definition) is 2. The van der Waals surface area contributed by atoms with E-state index in [9.17, 15) is 8.42 Å². The summed E-state index contributed by atoms with van der Waals surface area (Å²) in [6.45, 7) is 8.17. The Morgan fingerprint density at radius 1 is 1.35 bits per heavy atom. The van der Waals surface area contributed by atoms with Crippen LogP contribution in [0.2, 0.25) is 0 Å². The van der Waals surface area contributed by atoms with Crippen LogP contribution in [0.15, 0.2) is 23.1 Å². The van der Waals surface area contributed by atoms with E-state index < -0.39 is 10.0 Å². The predicted octanol–water partition coefficient (Wildman–Crippen LogP) is 2.05. The molecule has 1 aromatic rings. The first-order valence-corrected chi connectivity index (χ1v) is 8.42. The van der Waals surface area contributed by atoms with Crippen LogP contribution >= 0.6 is 0 Å². The average Bonchev–Trinajstić information content (AvgIpc) is 2.44. The summed E-state index contributed by atoms with van der Waals surface area (Å²) >= 11 is 0. The molecular formula is C14H25N3O2S. The molecule has 0 heterocycles. The number of rotatable bonds is 7. The van der Waals surface area contributed by atoms with Crippen LogP contribution in [0.1, 0.15) is 27.2 Å². The summed E-state index contributed by atoms with van der Waals surface area (Å²) in [7, 11) is -2.06. The molecule has 5 nitrogen and oxygen atoms in total. The molecule has 0 aliphatic heterocycles. The number of sulfonamides is 1. The lowest BCUT2D eigenvalue weighted by Crippen LogP contribution is -2.29. The van der Waals surface area contributed by atoms with Crippen LogP contribution in [-0.2, 0) is 10.0 Å². The van der Waals surface area contributed by atoms with Crippen molar-refractivity contribution in [1.29, 1.82) is 0 Å². The van der Waals surface area contributed by atoms with Gasteiger partial charge in [-0.25, -0.2) is 13.1 Å². The minimum atomic E-state index is -3.45. The molecule has 20 heavy (non-hydrogen) atoms. The van der Waals surface area contributed by atoms with Crippen molar-refractivity contribution < 1.29 is 8.42 Å². The van der Waals surface area contributed by atoms with Gasteiger partial charge in [-0.2, -0.15) is 0 Å². The van der Waals surface area contributed by atoms with Crippen LogP contribution < -0.4 is 15.4 Å². The number of hydrogen-bond acceptors (Lipinski definition) is 4. The number of nitrogens with zero attached hydrogens (tertiary/aromatic N) is 1. The Morgan fingerprint density at radius 3 is 2.45 bits per heavy atom. The van der Waals surface area contributed by atoms with E-state index >= 15 is 0 Å². The van der Waals surface area contributed by atoms with E-state index in [1.807, 2.05) is 0 Å². The summed E-state index contributed by atoms with van der Waals surface area (Å²) in [6, 6.07) is 4.89. The summed E-state index contributed by atoms with van der Waals surface area (Å²) in [5.74, 6) is 0.565. The lowest BCUT2D eigenvalue weighted by Gasteiger charge is -2.27. The molecule has 0 aliphatic rings. The fourth-order valence-electron chi connectivity index (χ4n) is 2.01. The maximum absolute atomic E-state index is 11.7. The quantitative estimate of drug-likeness (QED) is 0.756. The normalized spacial score (nSPS) is 13.2. The first-order valence-electron chi connectivity index (χ1n) is 6.93. The molecular weight excluding hydrogens is 274 g/mol. The maximum Gasteiger partial charge on any atom is 0.240 e. The number of benzene rings is 1. The molecule has 0 bridgehead atoms. The van der Waals surface area contributed by atoms with Crippen LogP contribution in [0.25, 0.3) is 0 Å². The topological polar surface area (TPSA) is 75.4 Å². The molecule has 0 amide bonds. The van der Waals surface area contributed by atoms with Gasteiger partial charge < -0.3 is 10.6 Å². The van der Waals surface area contributed by atoms with Gasteiger partial charge in [0, 0.05) is 13.1 Å². The van der Waals surface area contributed by atoms with Crippen molar-refractivity contribution in [2.45, 2.75) is 32.1 Å². The van der Waals surface area contributed by atoms with Crippen molar-refractivity contribution in [3.8, 4) is 0 Å². The van der Waals surface area contributed by atoms with Gasteiger partial charge in [0.2, 0.25) is 10.0 Å². The number of nitrogen functional groups attached to an aromatic ring is 1. The third kappa shape index (κ3) is 3.86. The van der Waals surface area contributed by atoms with E-state index in [4.69, 9.17) is 5.73 Å². The van der Waals surface area contributed by atoms with E-state index in [1.54, 1.807) is 12.1 Å². The molecule has 0 saturated heterocycles. The molecule has 0 aromatic heterocycles. The zero-order valence-electron chi connectivity index (χ0n) is 12.7. The molecule has 1 rings (SSSR count). The zero-order valence-corrected chi connectivity index (χ0v) is 13.5. The highest BCUT2D eigenvalue weighted by Gasteiger charge is 2.16. The molecule has 0 aliphatic carbocycles. The maximum atomic E-state index is 11.7. The van der Waals surface area contributed by atoms with Crippen molar-refractivity contribution in [3.63, 3.8) is 0 Å². The van der Waals surface area contributed by atoms with E-state index in [-0.39, 0.29) is 4.90 Å². The van der Waals surface area contributed by atoms with Gasteiger partial charge in [-0.05, 0) is 38.1 Å². The highest BCUT2D eigenvalue weighted by Crippen LogP contribution is 2.27.